The van der Waals surface area contributed by atoms with Gasteiger partial charge < -0.3 is 15.0 Å². The molecule has 3 heterocycles. The van der Waals surface area contributed by atoms with E-state index < -0.39 is 16.3 Å². The molecule has 0 radical (unpaired) electrons. The van der Waals surface area contributed by atoms with Crippen molar-refractivity contribution in [2.75, 3.05) is 32.7 Å². The van der Waals surface area contributed by atoms with Crippen molar-refractivity contribution in [2.45, 2.75) is 24.7 Å². The summed E-state index contributed by atoms with van der Waals surface area (Å²) in [6, 6.07) is 6.86. The zero-order valence-electron chi connectivity index (χ0n) is 15.2. The number of hydrogen-bond acceptors (Lipinski definition) is 5. The number of halogens is 2. The van der Waals surface area contributed by atoms with E-state index in [1.54, 1.807) is 29.2 Å². The van der Waals surface area contributed by atoms with E-state index in [-0.39, 0.29) is 37.0 Å². The van der Waals surface area contributed by atoms with Crippen LogP contribution < -0.4 is 5.32 Å². The molecule has 0 aliphatic carbocycles. The lowest BCUT2D eigenvalue weighted by atomic mass is 9.92. The Labute approximate surface area is 176 Å². The number of carbonyl (C=O) groups excluding carboxylic acids is 1. The van der Waals surface area contributed by atoms with Crippen LogP contribution >= 0.6 is 24.0 Å². The standard InChI is InChI=1S/C18H22ClN3O4S.ClH/c19-15-3-1-14(2-4-15)5-10-27(24,25)21-11-16(23)22-13-18(26-17(22)12-21)6-8-20-9-7-18;/h1-5,10,17,20H,6-9,11-13H2;1H/b10-5+;. The lowest BCUT2D eigenvalue weighted by molar-refractivity contribution is -0.144. The molecule has 1 aromatic carbocycles. The third-order valence-electron chi connectivity index (χ3n) is 5.36. The van der Waals surface area contributed by atoms with Crippen molar-refractivity contribution in [2.24, 2.45) is 0 Å². The van der Waals surface area contributed by atoms with Crippen molar-refractivity contribution in [3.63, 3.8) is 0 Å². The van der Waals surface area contributed by atoms with Gasteiger partial charge in [0.05, 0.1) is 25.2 Å². The van der Waals surface area contributed by atoms with Crippen LogP contribution in [0.25, 0.3) is 6.08 Å². The third kappa shape index (κ3) is 4.37. The average molecular weight is 448 g/mol. The molecule has 1 unspecified atom stereocenters. The van der Waals surface area contributed by atoms with Gasteiger partial charge in [-0.25, -0.2) is 8.42 Å². The van der Waals surface area contributed by atoms with Crippen molar-refractivity contribution in [3.05, 3.63) is 40.3 Å². The fourth-order valence-corrected chi connectivity index (χ4v) is 5.10. The molecule has 7 nitrogen and oxygen atoms in total. The van der Waals surface area contributed by atoms with Gasteiger partial charge in [0.15, 0.2) is 0 Å². The highest BCUT2D eigenvalue weighted by molar-refractivity contribution is 7.92. The second kappa shape index (κ2) is 8.30. The molecule has 28 heavy (non-hydrogen) atoms. The molecule has 0 saturated carbocycles. The maximum atomic E-state index is 12.7. The van der Waals surface area contributed by atoms with Gasteiger partial charge in [0.1, 0.15) is 6.23 Å². The van der Waals surface area contributed by atoms with Crippen molar-refractivity contribution in [3.8, 4) is 0 Å². The Hall–Kier alpha value is -1.16. The Kier molecular flexibility index (Phi) is 6.38. The molecule has 0 aromatic heterocycles. The van der Waals surface area contributed by atoms with E-state index in [0.717, 1.165) is 36.9 Å². The van der Waals surface area contributed by atoms with Gasteiger partial charge in [-0.3, -0.25) is 4.79 Å². The molecule has 3 aliphatic heterocycles. The lowest BCUT2D eigenvalue weighted by Gasteiger charge is -2.34. The average Bonchev–Trinajstić information content (AvgIpc) is 3.00. The van der Waals surface area contributed by atoms with Crippen molar-refractivity contribution in [1.29, 1.82) is 0 Å². The van der Waals surface area contributed by atoms with Gasteiger partial charge in [0, 0.05) is 10.4 Å². The van der Waals surface area contributed by atoms with Gasteiger partial charge in [0.2, 0.25) is 15.9 Å². The second-order valence-corrected chi connectivity index (χ2v) is 9.47. The van der Waals surface area contributed by atoms with Crippen LogP contribution in [0.3, 0.4) is 0 Å². The molecule has 4 rings (SSSR count). The second-order valence-electron chi connectivity index (χ2n) is 7.22. The monoisotopic (exact) mass is 447 g/mol. The van der Waals surface area contributed by atoms with Crippen LogP contribution in [0.2, 0.25) is 5.02 Å². The fourth-order valence-electron chi connectivity index (χ4n) is 3.84. The van der Waals surface area contributed by atoms with Gasteiger partial charge in [-0.2, -0.15) is 4.31 Å². The normalized spacial score (nSPS) is 25.1. The molecule has 154 valence electrons. The highest BCUT2D eigenvalue weighted by Crippen LogP contribution is 2.35. The molecule has 0 bridgehead atoms. The highest BCUT2D eigenvalue weighted by Gasteiger charge is 2.51. The maximum absolute atomic E-state index is 12.7. The first-order valence-corrected chi connectivity index (χ1v) is 10.9. The van der Waals surface area contributed by atoms with Crippen LogP contribution in [0.4, 0.5) is 0 Å². The van der Waals surface area contributed by atoms with Gasteiger partial charge in [-0.05, 0) is 49.7 Å². The van der Waals surface area contributed by atoms with E-state index in [9.17, 15) is 13.2 Å². The first-order valence-electron chi connectivity index (χ1n) is 8.99. The lowest BCUT2D eigenvalue weighted by Crippen LogP contribution is -2.55. The Bertz CT molecular complexity index is 854. The van der Waals surface area contributed by atoms with Crippen LogP contribution in [0.1, 0.15) is 18.4 Å². The minimum absolute atomic E-state index is 0. The van der Waals surface area contributed by atoms with Crippen LogP contribution in [-0.4, -0.2) is 68.1 Å². The number of nitrogens with one attached hydrogen (secondary N) is 1. The number of piperazine rings is 1. The summed E-state index contributed by atoms with van der Waals surface area (Å²) < 4.78 is 32.8. The van der Waals surface area contributed by atoms with Crippen molar-refractivity contribution >= 4 is 46.0 Å². The first kappa shape index (κ1) is 21.5. The zero-order chi connectivity index (χ0) is 19.1. The number of ether oxygens (including phenoxy) is 1. The number of rotatable bonds is 3. The summed E-state index contributed by atoms with van der Waals surface area (Å²) in [5, 5.41) is 5.01. The van der Waals surface area contributed by atoms with Crippen LogP contribution in [0, 0.1) is 0 Å². The molecule has 1 amide bonds. The highest BCUT2D eigenvalue weighted by atomic mass is 35.5. The predicted molar refractivity (Wildman–Crippen MR) is 110 cm³/mol. The molecule has 10 heteroatoms. The summed E-state index contributed by atoms with van der Waals surface area (Å²) in [6.45, 7) is 2.25. The number of amides is 1. The molecule has 3 saturated heterocycles. The Morgan fingerprint density at radius 1 is 1.21 bits per heavy atom. The number of fused-ring (bicyclic) bond motifs is 1. The Morgan fingerprint density at radius 2 is 1.89 bits per heavy atom. The van der Waals surface area contributed by atoms with E-state index in [0.29, 0.717) is 11.6 Å². The van der Waals surface area contributed by atoms with Gasteiger partial charge in [-0.1, -0.05) is 23.7 Å². The number of sulfonamides is 1. The van der Waals surface area contributed by atoms with E-state index in [4.69, 9.17) is 16.3 Å². The zero-order valence-corrected chi connectivity index (χ0v) is 17.6. The molecule has 1 N–H and O–H groups in total. The van der Waals surface area contributed by atoms with Crippen molar-refractivity contribution < 1.29 is 17.9 Å². The van der Waals surface area contributed by atoms with Crippen LogP contribution in [-0.2, 0) is 19.6 Å². The van der Waals surface area contributed by atoms with Gasteiger partial charge >= 0.3 is 0 Å². The van der Waals surface area contributed by atoms with E-state index in [1.165, 1.54) is 10.4 Å². The minimum Gasteiger partial charge on any atom is -0.348 e. The topological polar surface area (TPSA) is 79.0 Å². The molecular formula is C18H23Cl2N3O4S. The number of nitrogens with zero attached hydrogens (tertiary/aromatic N) is 2. The largest absolute Gasteiger partial charge is 0.348 e. The quantitative estimate of drug-likeness (QED) is 0.762. The number of benzene rings is 1. The smallest absolute Gasteiger partial charge is 0.240 e. The van der Waals surface area contributed by atoms with E-state index in [2.05, 4.69) is 5.32 Å². The fraction of sp³-hybridized carbons (Fsp3) is 0.500. The first-order chi connectivity index (χ1) is 12.9. The molecular weight excluding hydrogens is 425 g/mol. The predicted octanol–water partition coefficient (Wildman–Crippen LogP) is 1.68. The summed E-state index contributed by atoms with van der Waals surface area (Å²) in [5.74, 6) is -0.204. The van der Waals surface area contributed by atoms with Crippen LogP contribution in [0.15, 0.2) is 29.7 Å². The number of carbonyl (C=O) groups is 1. The summed E-state index contributed by atoms with van der Waals surface area (Å²) in [4.78, 5) is 14.3. The minimum atomic E-state index is -3.73. The number of hydrogen-bond donors (Lipinski definition) is 1. The number of piperidine rings is 1. The molecule has 1 spiro atoms. The molecule has 3 fully saturated rings. The molecule has 3 aliphatic rings. The summed E-state index contributed by atoms with van der Waals surface area (Å²) in [7, 11) is -3.73. The SMILES string of the molecule is Cl.O=C1CN(S(=O)(=O)/C=C/c2ccc(Cl)cc2)CC2OC3(CCNCC3)CN12. The summed E-state index contributed by atoms with van der Waals surface area (Å²) in [5.41, 5.74) is 0.378. The van der Waals surface area contributed by atoms with Crippen LogP contribution in [0.5, 0.6) is 0 Å². The maximum Gasteiger partial charge on any atom is 0.240 e. The summed E-state index contributed by atoms with van der Waals surface area (Å²) in [6.07, 6.45) is 2.65. The Morgan fingerprint density at radius 3 is 2.57 bits per heavy atom. The van der Waals surface area contributed by atoms with E-state index in [1.807, 2.05) is 0 Å². The van der Waals surface area contributed by atoms with E-state index >= 15 is 0 Å². The third-order valence-corrected chi connectivity index (χ3v) is 7.09. The van der Waals surface area contributed by atoms with Gasteiger partial charge in [0.25, 0.3) is 0 Å². The van der Waals surface area contributed by atoms with Crippen molar-refractivity contribution in [1.82, 2.24) is 14.5 Å². The van der Waals surface area contributed by atoms with Gasteiger partial charge in [-0.15, -0.1) is 12.4 Å². The molecule has 1 atom stereocenters. The molecule has 1 aromatic rings. The summed E-state index contributed by atoms with van der Waals surface area (Å²) >= 11 is 5.84. The Balaban J connectivity index is 0.00000225.